The molecule has 6 nitrogen and oxygen atoms in total. The number of pyridine rings is 1. The Hall–Kier alpha value is -1.89. The molecule has 7 heteroatoms. The molecule has 124 valence electrons. The van der Waals surface area contributed by atoms with Gasteiger partial charge in [0.2, 0.25) is 5.91 Å². The van der Waals surface area contributed by atoms with Crippen LogP contribution >= 0.6 is 11.8 Å². The van der Waals surface area contributed by atoms with Gasteiger partial charge in [0, 0.05) is 31.5 Å². The average Bonchev–Trinajstić information content (AvgIpc) is 2.94. The zero-order chi connectivity index (χ0) is 16.5. The van der Waals surface area contributed by atoms with E-state index in [1.165, 1.54) is 31.0 Å². The number of hydrogen-bond donors (Lipinski definition) is 1. The van der Waals surface area contributed by atoms with Gasteiger partial charge in [0.05, 0.1) is 5.75 Å². The number of aromatic nitrogens is 4. The van der Waals surface area contributed by atoms with Gasteiger partial charge in [-0.15, -0.1) is 10.2 Å². The molecule has 0 atom stereocenters. The zero-order valence-electron chi connectivity index (χ0n) is 13.7. The van der Waals surface area contributed by atoms with Crippen LogP contribution in [0.5, 0.6) is 0 Å². The maximum atomic E-state index is 11.8. The highest BCUT2D eigenvalue weighted by atomic mass is 32.2. The fourth-order valence-electron chi connectivity index (χ4n) is 2.15. The summed E-state index contributed by atoms with van der Waals surface area (Å²) in [5.41, 5.74) is 0.912. The number of unbranched alkanes of at least 4 members (excludes halogenated alkanes) is 3. The molecule has 2 heterocycles. The topological polar surface area (TPSA) is 72.7 Å². The highest BCUT2D eigenvalue weighted by Crippen LogP contribution is 2.21. The molecule has 0 spiro atoms. The van der Waals surface area contributed by atoms with Crippen molar-refractivity contribution in [2.45, 2.75) is 37.8 Å². The second kappa shape index (κ2) is 9.29. The molecule has 0 saturated carbocycles. The van der Waals surface area contributed by atoms with Gasteiger partial charge in [0.25, 0.3) is 0 Å². The Kier molecular flexibility index (Phi) is 7.06. The standard InChI is InChI=1S/C16H23N5OS/c1-3-4-5-6-10-18-14(22)12-23-16-20-19-15(21(16)2)13-8-7-9-17-11-13/h7-9,11H,3-6,10,12H2,1-2H3,(H,18,22). The summed E-state index contributed by atoms with van der Waals surface area (Å²) in [7, 11) is 1.90. The third-order valence-electron chi connectivity index (χ3n) is 3.44. The maximum absolute atomic E-state index is 11.8. The molecule has 23 heavy (non-hydrogen) atoms. The number of nitrogens with zero attached hydrogens (tertiary/aromatic N) is 4. The van der Waals surface area contributed by atoms with Crippen LogP contribution in [0.25, 0.3) is 11.4 Å². The fraction of sp³-hybridized carbons (Fsp3) is 0.500. The van der Waals surface area contributed by atoms with Crippen molar-refractivity contribution in [3.8, 4) is 11.4 Å². The molecule has 0 aliphatic carbocycles. The van der Waals surface area contributed by atoms with Crippen molar-refractivity contribution >= 4 is 17.7 Å². The zero-order valence-corrected chi connectivity index (χ0v) is 14.5. The predicted octanol–water partition coefficient (Wildman–Crippen LogP) is 2.67. The lowest BCUT2D eigenvalue weighted by Crippen LogP contribution is -2.26. The summed E-state index contributed by atoms with van der Waals surface area (Å²) in [4.78, 5) is 15.9. The van der Waals surface area contributed by atoms with Crippen molar-refractivity contribution in [1.82, 2.24) is 25.1 Å². The second-order valence-electron chi connectivity index (χ2n) is 5.31. The smallest absolute Gasteiger partial charge is 0.230 e. The van der Waals surface area contributed by atoms with E-state index < -0.39 is 0 Å². The molecule has 1 amide bonds. The Labute approximate surface area is 141 Å². The van der Waals surface area contributed by atoms with E-state index in [2.05, 4.69) is 27.4 Å². The molecule has 0 radical (unpaired) electrons. The summed E-state index contributed by atoms with van der Waals surface area (Å²) in [6, 6.07) is 3.80. The van der Waals surface area contributed by atoms with Gasteiger partial charge in [0.1, 0.15) is 0 Å². The molecule has 0 saturated heterocycles. The van der Waals surface area contributed by atoms with E-state index in [4.69, 9.17) is 0 Å². The summed E-state index contributed by atoms with van der Waals surface area (Å²) < 4.78 is 1.89. The van der Waals surface area contributed by atoms with E-state index in [-0.39, 0.29) is 5.91 Å². The minimum absolute atomic E-state index is 0.0393. The molecule has 0 bridgehead atoms. The Morgan fingerprint density at radius 1 is 1.30 bits per heavy atom. The van der Waals surface area contributed by atoms with Crippen molar-refractivity contribution in [2.24, 2.45) is 7.05 Å². The minimum atomic E-state index is 0.0393. The van der Waals surface area contributed by atoms with Crippen LogP contribution in [0.15, 0.2) is 29.7 Å². The number of thioether (sulfide) groups is 1. The molecule has 0 unspecified atom stereocenters. The highest BCUT2D eigenvalue weighted by Gasteiger charge is 2.12. The van der Waals surface area contributed by atoms with Crippen LogP contribution in [0.2, 0.25) is 0 Å². The molecule has 1 N–H and O–H groups in total. The molecule has 0 aliphatic heterocycles. The molecule has 2 aromatic heterocycles. The summed E-state index contributed by atoms with van der Waals surface area (Å²) in [5.74, 6) is 1.14. The van der Waals surface area contributed by atoms with Gasteiger partial charge in [-0.3, -0.25) is 9.78 Å². The Morgan fingerprint density at radius 2 is 2.17 bits per heavy atom. The highest BCUT2D eigenvalue weighted by molar-refractivity contribution is 7.99. The van der Waals surface area contributed by atoms with E-state index in [0.29, 0.717) is 5.75 Å². The van der Waals surface area contributed by atoms with E-state index in [1.807, 2.05) is 23.7 Å². The predicted molar refractivity (Wildman–Crippen MR) is 92.1 cm³/mol. The van der Waals surface area contributed by atoms with Gasteiger partial charge in [0.15, 0.2) is 11.0 Å². The third-order valence-corrected chi connectivity index (χ3v) is 4.46. The van der Waals surface area contributed by atoms with Gasteiger partial charge in [-0.1, -0.05) is 37.9 Å². The van der Waals surface area contributed by atoms with Crippen molar-refractivity contribution < 1.29 is 4.79 Å². The average molecular weight is 333 g/mol. The number of carbonyl (C=O) groups is 1. The fourth-order valence-corrected chi connectivity index (χ4v) is 2.89. The van der Waals surface area contributed by atoms with Gasteiger partial charge in [-0.25, -0.2) is 0 Å². The minimum Gasteiger partial charge on any atom is -0.355 e. The van der Waals surface area contributed by atoms with Gasteiger partial charge >= 0.3 is 0 Å². The Morgan fingerprint density at radius 3 is 2.91 bits per heavy atom. The first-order valence-corrected chi connectivity index (χ1v) is 8.90. The number of hydrogen-bond acceptors (Lipinski definition) is 5. The first-order chi connectivity index (χ1) is 11.2. The third kappa shape index (κ3) is 5.35. The first-order valence-electron chi connectivity index (χ1n) is 7.91. The Balaban J connectivity index is 1.80. The second-order valence-corrected chi connectivity index (χ2v) is 6.25. The van der Waals surface area contributed by atoms with E-state index in [1.54, 1.807) is 12.4 Å². The van der Waals surface area contributed by atoms with Crippen molar-refractivity contribution in [3.05, 3.63) is 24.5 Å². The van der Waals surface area contributed by atoms with E-state index in [9.17, 15) is 4.79 Å². The molecular weight excluding hydrogens is 310 g/mol. The molecule has 0 fully saturated rings. The normalized spacial score (nSPS) is 10.7. The monoisotopic (exact) mass is 333 g/mol. The molecule has 0 aromatic carbocycles. The number of amides is 1. The van der Waals surface area contributed by atoms with Crippen LogP contribution < -0.4 is 5.32 Å². The lowest BCUT2D eigenvalue weighted by Gasteiger charge is -2.05. The Bertz CT molecular complexity index is 614. The van der Waals surface area contributed by atoms with Crippen molar-refractivity contribution in [2.75, 3.05) is 12.3 Å². The molecule has 2 aromatic rings. The van der Waals surface area contributed by atoms with Crippen LogP contribution in [0.4, 0.5) is 0 Å². The molecule has 0 aliphatic rings. The largest absolute Gasteiger partial charge is 0.355 e. The summed E-state index contributed by atoms with van der Waals surface area (Å²) in [5, 5.41) is 12.0. The molecular formula is C16H23N5OS. The van der Waals surface area contributed by atoms with Crippen LogP contribution in [-0.2, 0) is 11.8 Å². The van der Waals surface area contributed by atoms with Gasteiger partial charge in [-0.2, -0.15) is 0 Å². The first kappa shape index (κ1) is 17.5. The number of carbonyl (C=O) groups excluding carboxylic acids is 1. The van der Waals surface area contributed by atoms with Crippen LogP contribution in [0.3, 0.4) is 0 Å². The van der Waals surface area contributed by atoms with Gasteiger partial charge < -0.3 is 9.88 Å². The molecule has 2 rings (SSSR count). The van der Waals surface area contributed by atoms with E-state index >= 15 is 0 Å². The van der Waals surface area contributed by atoms with Crippen molar-refractivity contribution in [1.29, 1.82) is 0 Å². The SMILES string of the molecule is CCCCCCNC(=O)CSc1nnc(-c2cccnc2)n1C. The lowest BCUT2D eigenvalue weighted by molar-refractivity contribution is -0.118. The summed E-state index contributed by atoms with van der Waals surface area (Å²) >= 11 is 1.40. The summed E-state index contributed by atoms with van der Waals surface area (Å²) in [6.45, 7) is 2.93. The quantitative estimate of drug-likeness (QED) is 0.564. The number of rotatable bonds is 9. The summed E-state index contributed by atoms with van der Waals surface area (Å²) in [6.07, 6.45) is 8.11. The van der Waals surface area contributed by atoms with Gasteiger partial charge in [-0.05, 0) is 18.6 Å². The number of nitrogens with one attached hydrogen (secondary N) is 1. The van der Waals surface area contributed by atoms with E-state index in [0.717, 1.165) is 29.5 Å². The van der Waals surface area contributed by atoms with Crippen LogP contribution in [0.1, 0.15) is 32.6 Å². The van der Waals surface area contributed by atoms with Crippen LogP contribution in [0, 0.1) is 0 Å². The van der Waals surface area contributed by atoms with Crippen LogP contribution in [-0.4, -0.2) is 38.0 Å². The maximum Gasteiger partial charge on any atom is 0.230 e. The van der Waals surface area contributed by atoms with Crippen molar-refractivity contribution in [3.63, 3.8) is 0 Å². The lowest BCUT2D eigenvalue weighted by atomic mass is 10.2.